The minimum atomic E-state index is -0.946. The average molecular weight is 631 g/mol. The molecule has 3 aromatic rings. The second-order valence-corrected chi connectivity index (χ2v) is 12.0. The average Bonchev–Trinajstić information content (AvgIpc) is 3.05. The number of aliphatic hydroxyl groups excluding tert-OH is 1. The summed E-state index contributed by atoms with van der Waals surface area (Å²) in [6.07, 6.45) is 2.99. The van der Waals surface area contributed by atoms with Gasteiger partial charge in [0, 0.05) is 48.9 Å². The fourth-order valence-corrected chi connectivity index (χ4v) is 6.64. The molecule has 3 heterocycles. The number of carbonyl (C=O) groups is 1. The van der Waals surface area contributed by atoms with E-state index in [2.05, 4.69) is 14.8 Å². The van der Waals surface area contributed by atoms with Crippen LogP contribution in [0.15, 0.2) is 36.5 Å². The molecule has 0 aliphatic carbocycles. The Hall–Kier alpha value is -3.29. The molecule has 1 atom stereocenters. The van der Waals surface area contributed by atoms with Crippen LogP contribution in [-0.4, -0.2) is 84.1 Å². The fraction of sp³-hybridized carbons (Fsp3) is 0.515. The number of ether oxygens (including phenoxy) is 2. The van der Waals surface area contributed by atoms with E-state index in [9.17, 15) is 28.3 Å². The topological polar surface area (TPSA) is 107 Å². The van der Waals surface area contributed by atoms with E-state index in [1.807, 2.05) is 23.7 Å². The van der Waals surface area contributed by atoms with E-state index in [4.69, 9.17) is 9.47 Å². The van der Waals surface area contributed by atoms with Gasteiger partial charge in [0.2, 0.25) is 5.91 Å². The van der Waals surface area contributed by atoms with Crippen LogP contribution in [0.25, 0.3) is 10.9 Å². The van der Waals surface area contributed by atoms with Crippen molar-refractivity contribution in [2.45, 2.75) is 51.2 Å². The van der Waals surface area contributed by atoms with E-state index < -0.39 is 34.9 Å². The predicted molar refractivity (Wildman–Crippen MR) is 161 cm³/mol. The maximum Gasteiger partial charge on any atom is 0.249 e. The number of amides is 1. The van der Waals surface area contributed by atoms with Crippen LogP contribution in [0.4, 0.5) is 13.2 Å². The smallest absolute Gasteiger partial charge is 0.249 e. The second kappa shape index (κ2) is 14.9. The van der Waals surface area contributed by atoms with Gasteiger partial charge in [0.15, 0.2) is 0 Å². The van der Waals surface area contributed by atoms with Crippen molar-refractivity contribution in [3.05, 3.63) is 70.7 Å². The standard InChI is InChI=1S/C33H41F3N4O5/c1-44-24-4-5-29-26(19-24)31(22(20-37-29)21-40-13-15-45-16-14-40)30(41)6-7-33(32(42)38-43)8-11-39(12-9-33)10-2-3-25-27(35)17-23(34)18-28(25)36/h4-5,17-20,30,41,43H,2-3,6-16,21H2,1H3,(H,38,42). The summed E-state index contributed by atoms with van der Waals surface area (Å²) in [7, 11) is 1.59. The molecule has 2 fully saturated rings. The number of nitrogens with one attached hydrogen (secondary N) is 1. The number of aliphatic hydroxyl groups is 1. The molecule has 0 spiro atoms. The third-order valence-electron chi connectivity index (χ3n) is 9.33. The molecule has 0 saturated carbocycles. The lowest BCUT2D eigenvalue weighted by atomic mass is 9.73. The van der Waals surface area contributed by atoms with Crippen LogP contribution in [0, 0.1) is 22.9 Å². The molecular formula is C33H41F3N4O5. The molecule has 2 aliphatic heterocycles. The first-order chi connectivity index (χ1) is 21.7. The number of aromatic nitrogens is 1. The first-order valence-electron chi connectivity index (χ1n) is 15.5. The molecule has 2 saturated heterocycles. The molecular weight excluding hydrogens is 589 g/mol. The van der Waals surface area contributed by atoms with Gasteiger partial charge in [-0.1, -0.05) is 0 Å². The third kappa shape index (κ3) is 7.75. The number of fused-ring (bicyclic) bond motifs is 1. The summed E-state index contributed by atoms with van der Waals surface area (Å²) in [4.78, 5) is 22.1. The van der Waals surface area contributed by atoms with E-state index in [-0.39, 0.29) is 18.4 Å². The first-order valence-corrected chi connectivity index (χ1v) is 15.5. The summed E-state index contributed by atoms with van der Waals surface area (Å²) in [5.41, 5.74) is 3.20. The Morgan fingerprint density at radius 3 is 2.47 bits per heavy atom. The van der Waals surface area contributed by atoms with Crippen LogP contribution in [0.2, 0.25) is 0 Å². The van der Waals surface area contributed by atoms with Crippen molar-refractivity contribution in [1.29, 1.82) is 0 Å². The molecule has 0 bridgehead atoms. The SMILES string of the molecule is COc1ccc2ncc(CN3CCOCC3)c(C(O)CCC3(C(=O)NO)CCN(CCCc4c(F)cc(F)cc4F)CC3)c2c1. The summed E-state index contributed by atoms with van der Waals surface area (Å²) in [6, 6.07) is 6.94. The monoisotopic (exact) mass is 630 g/mol. The number of likely N-dealkylation sites (tertiary alicyclic amines) is 1. The lowest BCUT2D eigenvalue weighted by Crippen LogP contribution is -2.48. The van der Waals surface area contributed by atoms with Gasteiger partial charge in [-0.15, -0.1) is 0 Å². The lowest BCUT2D eigenvalue weighted by Gasteiger charge is -2.40. The van der Waals surface area contributed by atoms with Crippen LogP contribution < -0.4 is 10.2 Å². The Labute approximate surface area is 260 Å². The number of hydroxylamine groups is 1. The summed E-state index contributed by atoms with van der Waals surface area (Å²) in [6.45, 7) is 5.05. The normalized spacial score (nSPS) is 18.2. The summed E-state index contributed by atoms with van der Waals surface area (Å²) >= 11 is 0. The Kier molecular flexibility index (Phi) is 10.9. The number of halogens is 3. The number of hydrogen-bond acceptors (Lipinski definition) is 8. The number of hydrogen-bond donors (Lipinski definition) is 3. The minimum Gasteiger partial charge on any atom is -0.497 e. The third-order valence-corrected chi connectivity index (χ3v) is 9.33. The van der Waals surface area contributed by atoms with Crippen molar-refractivity contribution in [3.63, 3.8) is 0 Å². The molecule has 1 amide bonds. The molecule has 244 valence electrons. The van der Waals surface area contributed by atoms with Gasteiger partial charge in [0.05, 0.1) is 37.4 Å². The number of methoxy groups -OCH3 is 1. The van der Waals surface area contributed by atoms with Gasteiger partial charge in [-0.25, -0.2) is 18.7 Å². The van der Waals surface area contributed by atoms with Gasteiger partial charge in [-0.2, -0.15) is 0 Å². The molecule has 1 unspecified atom stereocenters. The highest BCUT2D eigenvalue weighted by Crippen LogP contribution is 2.40. The van der Waals surface area contributed by atoms with Gasteiger partial charge in [0.25, 0.3) is 0 Å². The van der Waals surface area contributed by atoms with Crippen molar-refractivity contribution in [1.82, 2.24) is 20.3 Å². The number of benzene rings is 2. The van der Waals surface area contributed by atoms with Crippen LogP contribution in [-0.2, 0) is 22.5 Å². The maximum atomic E-state index is 14.0. The largest absolute Gasteiger partial charge is 0.497 e. The summed E-state index contributed by atoms with van der Waals surface area (Å²) < 4.78 is 52.3. The Morgan fingerprint density at radius 1 is 1.09 bits per heavy atom. The van der Waals surface area contributed by atoms with Gasteiger partial charge < -0.3 is 19.5 Å². The Bertz CT molecular complexity index is 1460. The molecule has 12 heteroatoms. The summed E-state index contributed by atoms with van der Waals surface area (Å²) in [5, 5.41) is 22.2. The zero-order valence-corrected chi connectivity index (χ0v) is 25.5. The van der Waals surface area contributed by atoms with Crippen LogP contribution in [0.1, 0.15) is 54.9 Å². The van der Waals surface area contributed by atoms with Gasteiger partial charge in [-0.3, -0.25) is 19.9 Å². The zero-order chi connectivity index (χ0) is 32.0. The van der Waals surface area contributed by atoms with E-state index >= 15 is 0 Å². The summed E-state index contributed by atoms with van der Waals surface area (Å²) in [5.74, 6) is -2.57. The zero-order valence-electron chi connectivity index (χ0n) is 25.5. The number of piperidine rings is 1. The molecule has 2 aliphatic rings. The first kappa shape index (κ1) is 33.1. The number of carbonyl (C=O) groups excluding carboxylic acids is 1. The molecule has 9 nitrogen and oxygen atoms in total. The predicted octanol–water partition coefficient (Wildman–Crippen LogP) is 4.53. The number of nitrogens with zero attached hydrogens (tertiary/aromatic N) is 3. The molecule has 1 aromatic heterocycles. The van der Waals surface area contributed by atoms with E-state index in [1.165, 1.54) is 0 Å². The highest BCUT2D eigenvalue weighted by Gasteiger charge is 2.41. The maximum absolute atomic E-state index is 14.0. The van der Waals surface area contributed by atoms with E-state index in [1.54, 1.807) is 13.3 Å². The number of rotatable bonds is 12. The van der Waals surface area contributed by atoms with Crippen molar-refractivity contribution < 1.29 is 37.8 Å². The minimum absolute atomic E-state index is 0.125. The quantitative estimate of drug-likeness (QED) is 0.198. The molecule has 3 N–H and O–H groups in total. The fourth-order valence-electron chi connectivity index (χ4n) is 6.64. The Morgan fingerprint density at radius 2 is 1.80 bits per heavy atom. The molecule has 5 rings (SSSR count). The molecule has 0 radical (unpaired) electrons. The molecule has 45 heavy (non-hydrogen) atoms. The molecule has 2 aromatic carbocycles. The highest BCUT2D eigenvalue weighted by molar-refractivity contribution is 5.85. The number of pyridine rings is 1. The van der Waals surface area contributed by atoms with Crippen molar-refractivity contribution >= 4 is 16.8 Å². The van der Waals surface area contributed by atoms with Crippen LogP contribution in [0.3, 0.4) is 0 Å². The van der Waals surface area contributed by atoms with Gasteiger partial charge in [-0.05, 0) is 87.5 Å². The number of morpholine rings is 1. The van der Waals surface area contributed by atoms with E-state index in [0.29, 0.717) is 83.0 Å². The van der Waals surface area contributed by atoms with Crippen LogP contribution in [0.5, 0.6) is 5.75 Å². The van der Waals surface area contributed by atoms with Gasteiger partial charge in [0.1, 0.15) is 23.2 Å². The van der Waals surface area contributed by atoms with Crippen molar-refractivity contribution in [3.8, 4) is 5.75 Å². The van der Waals surface area contributed by atoms with Crippen LogP contribution >= 0.6 is 0 Å². The van der Waals surface area contributed by atoms with Crippen molar-refractivity contribution in [2.24, 2.45) is 5.41 Å². The lowest BCUT2D eigenvalue weighted by molar-refractivity contribution is -0.143. The Balaban J connectivity index is 1.27. The van der Waals surface area contributed by atoms with E-state index in [0.717, 1.165) is 35.1 Å². The van der Waals surface area contributed by atoms with Crippen molar-refractivity contribution in [2.75, 3.05) is 53.0 Å². The highest BCUT2D eigenvalue weighted by atomic mass is 19.1. The second-order valence-electron chi connectivity index (χ2n) is 12.0. The van der Waals surface area contributed by atoms with Gasteiger partial charge >= 0.3 is 0 Å².